The van der Waals surface area contributed by atoms with Crippen LogP contribution in [-0.4, -0.2) is 39.9 Å². The Hall–Kier alpha value is -0.680. The van der Waals surface area contributed by atoms with Crippen LogP contribution in [0.4, 0.5) is 5.13 Å². The zero-order valence-corrected chi connectivity index (χ0v) is 10.9. The van der Waals surface area contributed by atoms with Gasteiger partial charge in [-0.2, -0.15) is 4.37 Å². The van der Waals surface area contributed by atoms with E-state index in [1.165, 1.54) is 37.5 Å². The minimum absolute atomic E-state index is 0.454. The second-order valence-corrected chi connectivity index (χ2v) is 5.17. The molecular weight excluding hydrogens is 220 g/mol. The zero-order chi connectivity index (χ0) is 11.4. The van der Waals surface area contributed by atoms with Crippen LogP contribution in [0.5, 0.6) is 0 Å². The van der Waals surface area contributed by atoms with Crippen molar-refractivity contribution in [3.8, 4) is 0 Å². The second-order valence-electron chi connectivity index (χ2n) is 4.42. The highest BCUT2D eigenvalue weighted by Crippen LogP contribution is 2.14. The van der Waals surface area contributed by atoms with Crippen molar-refractivity contribution < 1.29 is 0 Å². The number of nitrogens with one attached hydrogen (secondary N) is 1. The molecule has 2 rings (SSSR count). The van der Waals surface area contributed by atoms with Crippen LogP contribution in [0.2, 0.25) is 0 Å². The maximum absolute atomic E-state index is 4.42. The summed E-state index contributed by atoms with van der Waals surface area (Å²) in [5, 5.41) is 4.39. The number of nitrogens with zero attached hydrogens (tertiary/aromatic N) is 3. The molecule has 1 unspecified atom stereocenters. The highest BCUT2D eigenvalue weighted by Gasteiger charge is 2.15. The van der Waals surface area contributed by atoms with Gasteiger partial charge >= 0.3 is 0 Å². The standard InChI is InChI=1S/C11H20N4S/c1-3-10-13-11(16-14-10)12-9(2)8-15-6-4-5-7-15/h9H,3-8H2,1-2H3,(H,12,13,14). The van der Waals surface area contributed by atoms with Crippen molar-refractivity contribution in [2.75, 3.05) is 25.0 Å². The van der Waals surface area contributed by atoms with Crippen molar-refractivity contribution in [3.63, 3.8) is 0 Å². The lowest BCUT2D eigenvalue weighted by molar-refractivity contribution is 0.328. The number of rotatable bonds is 5. The summed E-state index contributed by atoms with van der Waals surface area (Å²) in [7, 11) is 0. The predicted octanol–water partition coefficient (Wildman–Crippen LogP) is 2.00. The van der Waals surface area contributed by atoms with Crippen LogP contribution in [0, 0.1) is 0 Å². The van der Waals surface area contributed by atoms with Crippen molar-refractivity contribution in [3.05, 3.63) is 5.82 Å². The maximum atomic E-state index is 4.42. The van der Waals surface area contributed by atoms with Gasteiger partial charge in [0.05, 0.1) is 0 Å². The molecule has 1 aromatic rings. The Kier molecular flexibility index (Phi) is 4.12. The average Bonchev–Trinajstić information content (AvgIpc) is 2.89. The minimum atomic E-state index is 0.454. The maximum Gasteiger partial charge on any atom is 0.202 e. The van der Waals surface area contributed by atoms with Gasteiger partial charge in [0.1, 0.15) is 5.82 Å². The molecule has 0 spiro atoms. The lowest BCUT2D eigenvalue weighted by Gasteiger charge is -2.20. The van der Waals surface area contributed by atoms with E-state index in [4.69, 9.17) is 0 Å². The molecule has 90 valence electrons. The third kappa shape index (κ3) is 3.15. The van der Waals surface area contributed by atoms with E-state index in [-0.39, 0.29) is 0 Å². The van der Waals surface area contributed by atoms with E-state index in [9.17, 15) is 0 Å². The van der Waals surface area contributed by atoms with Crippen molar-refractivity contribution in [2.45, 2.75) is 39.2 Å². The van der Waals surface area contributed by atoms with Gasteiger partial charge in [-0.15, -0.1) is 0 Å². The van der Waals surface area contributed by atoms with Crippen molar-refractivity contribution in [1.29, 1.82) is 0 Å². The van der Waals surface area contributed by atoms with Crippen molar-refractivity contribution in [1.82, 2.24) is 14.3 Å². The Morgan fingerprint density at radius 2 is 2.19 bits per heavy atom. The monoisotopic (exact) mass is 240 g/mol. The first-order valence-electron chi connectivity index (χ1n) is 6.09. The Balaban J connectivity index is 1.79. The molecule has 5 heteroatoms. The van der Waals surface area contributed by atoms with Crippen LogP contribution in [0.25, 0.3) is 0 Å². The normalized spacial score (nSPS) is 18.9. The molecule has 0 radical (unpaired) electrons. The Morgan fingerprint density at radius 3 is 2.81 bits per heavy atom. The molecule has 16 heavy (non-hydrogen) atoms. The molecule has 4 nitrogen and oxygen atoms in total. The van der Waals surface area contributed by atoms with E-state index in [1.807, 2.05) is 0 Å². The van der Waals surface area contributed by atoms with E-state index in [1.54, 1.807) is 0 Å². The van der Waals surface area contributed by atoms with Crippen LogP contribution in [0.1, 0.15) is 32.5 Å². The van der Waals surface area contributed by atoms with E-state index in [2.05, 4.69) is 33.4 Å². The first-order chi connectivity index (χ1) is 7.78. The molecular formula is C11H20N4S. The summed E-state index contributed by atoms with van der Waals surface area (Å²) in [5.41, 5.74) is 0. The number of anilines is 1. The second kappa shape index (κ2) is 5.59. The van der Waals surface area contributed by atoms with Crippen LogP contribution < -0.4 is 5.32 Å². The third-order valence-electron chi connectivity index (χ3n) is 2.88. The molecule has 1 aliphatic heterocycles. The number of likely N-dealkylation sites (tertiary alicyclic amines) is 1. The Labute approximate surface area is 101 Å². The number of hydrogen-bond acceptors (Lipinski definition) is 5. The van der Waals surface area contributed by atoms with Gasteiger partial charge in [0, 0.05) is 30.5 Å². The summed E-state index contributed by atoms with van der Waals surface area (Å²) in [5.74, 6) is 0.945. The molecule has 1 N–H and O–H groups in total. The lowest BCUT2D eigenvalue weighted by Crippen LogP contribution is -2.32. The molecule has 1 aliphatic rings. The number of aryl methyl sites for hydroxylation is 1. The SMILES string of the molecule is CCc1nsc(NC(C)CN2CCCC2)n1. The van der Waals surface area contributed by atoms with E-state index < -0.39 is 0 Å². The molecule has 0 bridgehead atoms. The summed E-state index contributed by atoms with van der Waals surface area (Å²) in [6.07, 6.45) is 3.62. The molecule has 2 heterocycles. The average molecular weight is 240 g/mol. The molecule has 1 aromatic heterocycles. The van der Waals surface area contributed by atoms with Gasteiger partial charge in [-0.3, -0.25) is 0 Å². The fourth-order valence-electron chi connectivity index (χ4n) is 2.07. The van der Waals surface area contributed by atoms with Gasteiger partial charge < -0.3 is 10.2 Å². The van der Waals surface area contributed by atoms with Gasteiger partial charge in [-0.1, -0.05) is 6.92 Å². The summed E-state index contributed by atoms with van der Waals surface area (Å²) >= 11 is 1.47. The topological polar surface area (TPSA) is 41.1 Å². The number of aromatic nitrogens is 2. The predicted molar refractivity (Wildman–Crippen MR) is 68.0 cm³/mol. The van der Waals surface area contributed by atoms with Gasteiger partial charge in [0.15, 0.2) is 0 Å². The molecule has 0 amide bonds. The molecule has 0 saturated carbocycles. The smallest absolute Gasteiger partial charge is 0.202 e. The molecule has 1 saturated heterocycles. The molecule has 0 aromatic carbocycles. The minimum Gasteiger partial charge on any atom is -0.357 e. The lowest BCUT2D eigenvalue weighted by atomic mass is 10.3. The van der Waals surface area contributed by atoms with Crippen LogP contribution in [0.3, 0.4) is 0 Å². The number of hydrogen-bond donors (Lipinski definition) is 1. The van der Waals surface area contributed by atoms with Crippen molar-refractivity contribution in [2.24, 2.45) is 0 Å². The summed E-state index contributed by atoms with van der Waals surface area (Å²) in [4.78, 5) is 6.93. The van der Waals surface area contributed by atoms with Crippen molar-refractivity contribution >= 4 is 16.7 Å². The summed E-state index contributed by atoms with van der Waals surface area (Å²) < 4.78 is 4.27. The zero-order valence-electron chi connectivity index (χ0n) is 10.1. The van der Waals surface area contributed by atoms with E-state index in [0.717, 1.165) is 23.9 Å². The Bertz CT molecular complexity index is 320. The largest absolute Gasteiger partial charge is 0.357 e. The quantitative estimate of drug-likeness (QED) is 0.854. The van der Waals surface area contributed by atoms with Gasteiger partial charge in [-0.05, 0) is 32.9 Å². The fourth-order valence-corrected chi connectivity index (χ4v) is 2.83. The highest BCUT2D eigenvalue weighted by molar-refractivity contribution is 7.09. The molecule has 1 fully saturated rings. The highest BCUT2D eigenvalue weighted by atomic mass is 32.1. The van der Waals surface area contributed by atoms with E-state index in [0.29, 0.717) is 6.04 Å². The van der Waals surface area contributed by atoms with E-state index >= 15 is 0 Å². The van der Waals surface area contributed by atoms with Crippen LogP contribution in [0.15, 0.2) is 0 Å². The first-order valence-corrected chi connectivity index (χ1v) is 6.86. The van der Waals surface area contributed by atoms with Crippen LogP contribution >= 0.6 is 11.5 Å². The first kappa shape index (κ1) is 11.8. The van der Waals surface area contributed by atoms with Gasteiger partial charge in [0.25, 0.3) is 0 Å². The fraction of sp³-hybridized carbons (Fsp3) is 0.818. The summed E-state index contributed by atoms with van der Waals surface area (Å²) in [6.45, 7) is 7.91. The Morgan fingerprint density at radius 1 is 1.44 bits per heavy atom. The third-order valence-corrected chi connectivity index (χ3v) is 3.57. The van der Waals surface area contributed by atoms with Gasteiger partial charge in [0.2, 0.25) is 5.13 Å². The summed E-state index contributed by atoms with van der Waals surface area (Å²) in [6, 6.07) is 0.454. The molecule has 0 aliphatic carbocycles. The van der Waals surface area contributed by atoms with Gasteiger partial charge in [-0.25, -0.2) is 4.98 Å². The molecule has 1 atom stereocenters. The van der Waals surface area contributed by atoms with Crippen LogP contribution in [-0.2, 0) is 6.42 Å².